The second-order valence-corrected chi connectivity index (χ2v) is 11.6. The van der Waals surface area contributed by atoms with Crippen LogP contribution in [-0.4, -0.2) is 57.8 Å². The number of halogens is 2. The van der Waals surface area contributed by atoms with Crippen LogP contribution >= 0.6 is 0 Å². The van der Waals surface area contributed by atoms with Crippen LogP contribution < -0.4 is 15.6 Å². The van der Waals surface area contributed by atoms with Gasteiger partial charge in [-0.25, -0.2) is 13.4 Å². The second-order valence-electron chi connectivity index (χ2n) is 9.25. The average Bonchev–Trinajstić information content (AvgIpc) is 3.07. The fourth-order valence-electron chi connectivity index (χ4n) is 4.99. The number of ether oxygens (including phenoxy) is 1. The van der Waals surface area contributed by atoms with E-state index in [0.717, 1.165) is 0 Å². The van der Waals surface area contributed by atoms with E-state index in [2.05, 4.69) is 20.0 Å². The summed E-state index contributed by atoms with van der Waals surface area (Å²) >= 11 is 0. The van der Waals surface area contributed by atoms with Gasteiger partial charge in [0.05, 0.1) is 16.9 Å². The lowest BCUT2D eigenvalue weighted by atomic mass is 9.95. The van der Waals surface area contributed by atoms with Gasteiger partial charge in [-0.15, -0.1) is 0 Å². The molecule has 4 rings (SSSR count). The number of aliphatic hydroxyl groups is 1. The maximum Gasteiger partial charge on any atom is 0.387 e. The van der Waals surface area contributed by atoms with Crippen molar-refractivity contribution in [1.29, 1.82) is 0 Å². The standard InChI is InChI=1S/C21H28F2N4O5S/c1-21(29)9-3-4-16(21)27-17-12(10-15(18(27)28)32-19(22)23)11-24-20(26-17)25-13-5-7-14(8-6-13)33(2,30)31/h10-11,13-14,16,19,29H,3-9H2,1-2H3,(H,24,25,26)/t13?,14?,16-,21+/m1/s1. The van der Waals surface area contributed by atoms with Gasteiger partial charge in [0, 0.05) is 23.9 Å². The molecule has 0 amide bonds. The van der Waals surface area contributed by atoms with Gasteiger partial charge >= 0.3 is 6.61 Å². The van der Waals surface area contributed by atoms with Gasteiger partial charge in [-0.2, -0.15) is 13.8 Å². The molecule has 2 atom stereocenters. The number of nitrogens with one attached hydrogen (secondary N) is 1. The summed E-state index contributed by atoms with van der Waals surface area (Å²) in [6, 6.07) is 0.503. The van der Waals surface area contributed by atoms with E-state index >= 15 is 0 Å². The van der Waals surface area contributed by atoms with Gasteiger partial charge in [0.1, 0.15) is 15.5 Å². The molecule has 2 aliphatic carbocycles. The summed E-state index contributed by atoms with van der Waals surface area (Å²) in [7, 11) is -3.08. The SMILES string of the molecule is C[C@]1(O)CCC[C@H]1n1c(=O)c(OC(F)F)cc2cnc(NC3CCC(S(C)(=O)=O)CC3)nc21. The maximum atomic E-state index is 13.1. The van der Waals surface area contributed by atoms with E-state index in [4.69, 9.17) is 0 Å². The first-order valence-electron chi connectivity index (χ1n) is 11.0. The maximum absolute atomic E-state index is 13.1. The summed E-state index contributed by atoms with van der Waals surface area (Å²) in [6.07, 6.45) is 6.63. The Morgan fingerprint density at radius 2 is 1.97 bits per heavy atom. The monoisotopic (exact) mass is 486 g/mol. The van der Waals surface area contributed by atoms with Crippen LogP contribution in [0.3, 0.4) is 0 Å². The highest BCUT2D eigenvalue weighted by Gasteiger charge is 2.40. The van der Waals surface area contributed by atoms with E-state index in [1.807, 2.05) is 0 Å². The van der Waals surface area contributed by atoms with Crippen molar-refractivity contribution in [1.82, 2.24) is 14.5 Å². The molecule has 182 valence electrons. The Morgan fingerprint density at radius 3 is 2.55 bits per heavy atom. The van der Waals surface area contributed by atoms with E-state index in [-0.39, 0.29) is 22.9 Å². The van der Waals surface area contributed by atoms with Crippen LogP contribution in [0.2, 0.25) is 0 Å². The predicted molar refractivity (Wildman–Crippen MR) is 118 cm³/mol. The molecule has 2 aliphatic rings. The highest BCUT2D eigenvalue weighted by atomic mass is 32.2. The number of hydrogen-bond acceptors (Lipinski definition) is 8. The largest absolute Gasteiger partial charge is 0.429 e. The van der Waals surface area contributed by atoms with Gasteiger partial charge in [0.15, 0.2) is 5.75 Å². The van der Waals surface area contributed by atoms with Gasteiger partial charge < -0.3 is 15.2 Å². The Hall–Kier alpha value is -2.34. The fourth-order valence-corrected chi connectivity index (χ4v) is 6.12. The summed E-state index contributed by atoms with van der Waals surface area (Å²) in [5.74, 6) is -0.276. The van der Waals surface area contributed by atoms with Gasteiger partial charge in [-0.1, -0.05) is 0 Å². The number of nitrogens with zero attached hydrogens (tertiary/aromatic N) is 3. The minimum Gasteiger partial charge on any atom is -0.429 e. The quantitative estimate of drug-likeness (QED) is 0.639. The Morgan fingerprint density at radius 1 is 1.27 bits per heavy atom. The van der Waals surface area contributed by atoms with Crippen LogP contribution in [0.25, 0.3) is 11.0 Å². The first kappa shape index (κ1) is 23.8. The molecule has 2 heterocycles. The highest BCUT2D eigenvalue weighted by molar-refractivity contribution is 7.91. The lowest BCUT2D eigenvalue weighted by Gasteiger charge is -2.29. The molecule has 9 nitrogen and oxygen atoms in total. The summed E-state index contributed by atoms with van der Waals surface area (Å²) in [4.78, 5) is 21.8. The Bertz CT molecular complexity index is 1190. The number of aromatic nitrogens is 3. The zero-order valence-electron chi connectivity index (χ0n) is 18.5. The average molecular weight is 487 g/mol. The van der Waals surface area contributed by atoms with Crippen LogP contribution in [-0.2, 0) is 9.84 Å². The van der Waals surface area contributed by atoms with Crippen molar-refractivity contribution in [2.24, 2.45) is 0 Å². The van der Waals surface area contributed by atoms with Gasteiger partial charge in [-0.3, -0.25) is 9.36 Å². The first-order valence-corrected chi connectivity index (χ1v) is 13.0. The molecule has 0 aromatic carbocycles. The minimum absolute atomic E-state index is 0.0309. The minimum atomic E-state index is -3.17. The second kappa shape index (κ2) is 8.79. The lowest BCUT2D eigenvalue weighted by Crippen LogP contribution is -2.38. The van der Waals surface area contributed by atoms with Gasteiger partial charge in [-0.05, 0) is 57.9 Å². The number of pyridine rings is 1. The Balaban J connectivity index is 1.69. The fraction of sp³-hybridized carbons (Fsp3) is 0.667. The number of sulfone groups is 1. The normalized spacial score (nSPS) is 28.4. The highest BCUT2D eigenvalue weighted by Crippen LogP contribution is 2.40. The first-order chi connectivity index (χ1) is 15.5. The zero-order chi connectivity index (χ0) is 24.0. The smallest absolute Gasteiger partial charge is 0.387 e. The molecule has 0 unspecified atom stereocenters. The molecule has 2 aromatic heterocycles. The molecule has 0 saturated heterocycles. The number of fused-ring (bicyclic) bond motifs is 1. The van der Waals surface area contributed by atoms with Crippen molar-refractivity contribution >= 4 is 26.8 Å². The third-order valence-corrected chi connectivity index (χ3v) is 8.44. The molecular formula is C21H28F2N4O5S. The molecule has 0 bridgehead atoms. The van der Waals surface area contributed by atoms with Crippen molar-refractivity contribution in [3.63, 3.8) is 0 Å². The van der Waals surface area contributed by atoms with Crippen LogP contribution in [0.5, 0.6) is 5.75 Å². The van der Waals surface area contributed by atoms with Crippen molar-refractivity contribution < 1.29 is 27.0 Å². The van der Waals surface area contributed by atoms with E-state index in [0.29, 0.717) is 50.3 Å². The molecule has 2 aromatic rings. The molecule has 0 spiro atoms. The Labute approximate surface area is 190 Å². The van der Waals surface area contributed by atoms with Gasteiger partial charge in [0.2, 0.25) is 5.95 Å². The van der Waals surface area contributed by atoms with Crippen LogP contribution in [0, 0.1) is 0 Å². The summed E-state index contributed by atoms with van der Waals surface area (Å²) in [5.41, 5.74) is -1.77. The summed E-state index contributed by atoms with van der Waals surface area (Å²) < 4.78 is 55.0. The molecule has 0 radical (unpaired) electrons. The molecular weight excluding hydrogens is 458 g/mol. The molecule has 33 heavy (non-hydrogen) atoms. The van der Waals surface area contributed by atoms with Crippen molar-refractivity contribution in [3.05, 3.63) is 22.6 Å². The molecule has 2 saturated carbocycles. The molecule has 0 aliphatic heterocycles. The third kappa shape index (κ3) is 4.96. The number of rotatable bonds is 6. The number of hydrogen-bond donors (Lipinski definition) is 2. The molecule has 12 heteroatoms. The number of anilines is 1. The van der Waals surface area contributed by atoms with Crippen molar-refractivity contribution in [2.75, 3.05) is 11.6 Å². The molecule has 2 fully saturated rings. The van der Waals surface area contributed by atoms with Crippen LogP contribution in [0.1, 0.15) is 57.9 Å². The summed E-state index contributed by atoms with van der Waals surface area (Å²) in [5, 5.41) is 14.0. The third-order valence-electron chi connectivity index (χ3n) is 6.76. The van der Waals surface area contributed by atoms with Crippen molar-refractivity contribution in [3.8, 4) is 5.75 Å². The van der Waals surface area contributed by atoms with E-state index in [9.17, 15) is 27.1 Å². The van der Waals surface area contributed by atoms with E-state index in [1.165, 1.54) is 23.1 Å². The van der Waals surface area contributed by atoms with Gasteiger partial charge in [0.25, 0.3) is 5.56 Å². The van der Waals surface area contributed by atoms with Crippen molar-refractivity contribution in [2.45, 2.75) is 81.4 Å². The van der Waals surface area contributed by atoms with E-state index in [1.54, 1.807) is 6.92 Å². The van der Waals surface area contributed by atoms with Crippen LogP contribution in [0.15, 0.2) is 17.1 Å². The lowest BCUT2D eigenvalue weighted by molar-refractivity contribution is -0.0513. The zero-order valence-corrected chi connectivity index (χ0v) is 19.3. The summed E-state index contributed by atoms with van der Waals surface area (Å²) in [6.45, 7) is -1.55. The molecule has 2 N–H and O–H groups in total. The van der Waals surface area contributed by atoms with E-state index < -0.39 is 39.4 Å². The number of alkyl halides is 2. The van der Waals surface area contributed by atoms with Crippen LogP contribution in [0.4, 0.5) is 14.7 Å². The Kier molecular flexibility index (Phi) is 6.34. The predicted octanol–water partition coefficient (Wildman–Crippen LogP) is 2.64. The topological polar surface area (TPSA) is 123 Å².